The SMILES string of the molecule is COc1ccc(C(=O)C2C(=O)C(=O)N(CCCN3CCOCC3)C2c2ccc(F)cc2)c(C)c1. The van der Waals surface area contributed by atoms with Gasteiger partial charge in [-0.25, -0.2) is 4.39 Å². The van der Waals surface area contributed by atoms with Gasteiger partial charge in [-0.05, 0) is 54.8 Å². The van der Waals surface area contributed by atoms with Crippen molar-refractivity contribution in [3.63, 3.8) is 0 Å². The molecule has 2 aliphatic heterocycles. The van der Waals surface area contributed by atoms with Gasteiger partial charge in [-0.1, -0.05) is 12.1 Å². The van der Waals surface area contributed by atoms with Crippen molar-refractivity contribution in [1.82, 2.24) is 9.80 Å². The van der Waals surface area contributed by atoms with Crippen LogP contribution in [0.4, 0.5) is 4.39 Å². The zero-order chi connectivity index (χ0) is 24.2. The molecule has 0 bridgehead atoms. The number of hydrogen-bond acceptors (Lipinski definition) is 6. The molecule has 2 aromatic rings. The second kappa shape index (κ2) is 10.4. The summed E-state index contributed by atoms with van der Waals surface area (Å²) in [5.41, 5.74) is 1.60. The molecular weight excluding hydrogens is 439 g/mol. The van der Waals surface area contributed by atoms with Crippen LogP contribution >= 0.6 is 0 Å². The van der Waals surface area contributed by atoms with E-state index in [1.165, 1.54) is 24.1 Å². The topological polar surface area (TPSA) is 76.2 Å². The Labute approximate surface area is 198 Å². The number of halogens is 1. The fourth-order valence-corrected chi connectivity index (χ4v) is 4.76. The summed E-state index contributed by atoms with van der Waals surface area (Å²) in [4.78, 5) is 43.5. The van der Waals surface area contributed by atoms with E-state index in [-0.39, 0.29) is 0 Å². The maximum atomic E-state index is 13.6. The summed E-state index contributed by atoms with van der Waals surface area (Å²) in [5, 5.41) is 0. The van der Waals surface area contributed by atoms with Crippen molar-refractivity contribution in [3.8, 4) is 5.75 Å². The van der Waals surface area contributed by atoms with Crippen LogP contribution in [0.15, 0.2) is 42.5 Å². The van der Waals surface area contributed by atoms with Crippen molar-refractivity contribution < 1.29 is 28.2 Å². The molecule has 0 N–H and O–H groups in total. The van der Waals surface area contributed by atoms with Crippen molar-refractivity contribution >= 4 is 17.5 Å². The summed E-state index contributed by atoms with van der Waals surface area (Å²) in [6, 6.07) is 9.89. The van der Waals surface area contributed by atoms with E-state index in [9.17, 15) is 18.8 Å². The van der Waals surface area contributed by atoms with Crippen molar-refractivity contribution in [2.24, 2.45) is 5.92 Å². The molecule has 0 saturated carbocycles. The molecule has 34 heavy (non-hydrogen) atoms. The average Bonchev–Trinajstić information content (AvgIpc) is 3.09. The Kier molecular flexibility index (Phi) is 7.38. The number of nitrogens with zero attached hydrogens (tertiary/aromatic N) is 2. The highest BCUT2D eigenvalue weighted by Gasteiger charge is 2.51. The standard InChI is InChI=1S/C26H29FN2O5/c1-17-16-20(33-2)8-9-21(17)24(30)22-23(18-4-6-19(27)7-5-18)29(26(32)25(22)31)11-3-10-28-12-14-34-15-13-28/h4-9,16,22-23H,3,10-15H2,1-2H3. The van der Waals surface area contributed by atoms with Gasteiger partial charge in [-0.15, -0.1) is 0 Å². The number of likely N-dealkylation sites (tertiary alicyclic amines) is 1. The largest absolute Gasteiger partial charge is 0.497 e. The quantitative estimate of drug-likeness (QED) is 0.337. The van der Waals surface area contributed by atoms with Crippen molar-refractivity contribution in [2.45, 2.75) is 19.4 Å². The van der Waals surface area contributed by atoms with Crippen LogP contribution in [0.5, 0.6) is 5.75 Å². The second-order valence-electron chi connectivity index (χ2n) is 8.69. The Morgan fingerprint density at radius 1 is 1.09 bits per heavy atom. The molecule has 0 aromatic heterocycles. The van der Waals surface area contributed by atoms with Gasteiger partial charge in [0.25, 0.3) is 5.91 Å². The first kappa shape index (κ1) is 24.0. The maximum Gasteiger partial charge on any atom is 0.291 e. The number of ether oxygens (including phenoxy) is 2. The minimum atomic E-state index is -1.19. The first-order valence-electron chi connectivity index (χ1n) is 11.5. The number of aryl methyl sites for hydroxylation is 1. The Morgan fingerprint density at radius 3 is 2.44 bits per heavy atom. The van der Waals surface area contributed by atoms with Crippen LogP contribution in [0.2, 0.25) is 0 Å². The van der Waals surface area contributed by atoms with Gasteiger partial charge in [0.05, 0.1) is 26.4 Å². The fraction of sp³-hybridized carbons (Fsp3) is 0.423. The van der Waals surface area contributed by atoms with E-state index in [0.29, 0.717) is 48.6 Å². The molecule has 0 spiro atoms. The molecule has 2 atom stereocenters. The van der Waals surface area contributed by atoms with Gasteiger partial charge >= 0.3 is 0 Å². The lowest BCUT2D eigenvalue weighted by molar-refractivity contribution is -0.140. The normalized spacial score (nSPS) is 21.2. The lowest BCUT2D eigenvalue weighted by Crippen LogP contribution is -2.39. The van der Waals surface area contributed by atoms with E-state index < -0.39 is 35.3 Å². The highest BCUT2D eigenvalue weighted by atomic mass is 19.1. The highest BCUT2D eigenvalue weighted by molar-refractivity contribution is 6.44. The van der Waals surface area contributed by atoms with Crippen LogP contribution < -0.4 is 4.74 Å². The van der Waals surface area contributed by atoms with Crippen LogP contribution in [-0.2, 0) is 14.3 Å². The van der Waals surface area contributed by atoms with Gasteiger partial charge in [0, 0.05) is 31.7 Å². The third-order valence-electron chi connectivity index (χ3n) is 6.58. The molecule has 2 heterocycles. The molecule has 1 amide bonds. The number of Topliss-reactive ketones (excluding diaryl/α,β-unsaturated/α-hetero) is 2. The van der Waals surface area contributed by atoms with Crippen molar-refractivity contribution in [3.05, 3.63) is 65.0 Å². The van der Waals surface area contributed by atoms with Gasteiger partial charge in [0.15, 0.2) is 5.78 Å². The number of methoxy groups -OCH3 is 1. The highest BCUT2D eigenvalue weighted by Crippen LogP contribution is 2.39. The van der Waals surface area contributed by atoms with Gasteiger partial charge in [0.2, 0.25) is 5.78 Å². The summed E-state index contributed by atoms with van der Waals surface area (Å²) in [7, 11) is 1.54. The summed E-state index contributed by atoms with van der Waals surface area (Å²) in [5.74, 6) is -2.81. The predicted molar refractivity (Wildman–Crippen MR) is 123 cm³/mol. The summed E-state index contributed by atoms with van der Waals surface area (Å²) in [6.45, 7) is 5.86. The molecule has 0 aliphatic carbocycles. The van der Waals surface area contributed by atoms with Crippen LogP contribution in [0.3, 0.4) is 0 Å². The zero-order valence-electron chi connectivity index (χ0n) is 19.5. The maximum absolute atomic E-state index is 13.6. The molecule has 180 valence electrons. The van der Waals surface area contributed by atoms with E-state index in [2.05, 4.69) is 4.90 Å². The Hall–Kier alpha value is -3.10. The predicted octanol–water partition coefficient (Wildman–Crippen LogP) is 2.82. The number of amides is 1. The molecule has 8 heteroatoms. The summed E-state index contributed by atoms with van der Waals surface area (Å²) < 4.78 is 24.2. The number of rotatable bonds is 8. The van der Waals surface area contributed by atoms with E-state index >= 15 is 0 Å². The smallest absolute Gasteiger partial charge is 0.291 e. The molecule has 7 nitrogen and oxygen atoms in total. The lowest BCUT2D eigenvalue weighted by atomic mass is 9.85. The first-order valence-corrected chi connectivity index (χ1v) is 11.5. The minimum Gasteiger partial charge on any atom is -0.497 e. The Bertz CT molecular complexity index is 1070. The number of hydrogen-bond donors (Lipinski definition) is 0. The molecule has 0 radical (unpaired) electrons. The molecule has 2 fully saturated rings. The van der Waals surface area contributed by atoms with E-state index in [0.717, 1.165) is 19.6 Å². The van der Waals surface area contributed by atoms with E-state index in [4.69, 9.17) is 9.47 Å². The fourth-order valence-electron chi connectivity index (χ4n) is 4.76. The first-order chi connectivity index (χ1) is 16.4. The number of morpholine rings is 1. The molecular formula is C26H29FN2O5. The zero-order valence-corrected chi connectivity index (χ0v) is 19.5. The number of benzene rings is 2. The van der Waals surface area contributed by atoms with Crippen LogP contribution in [0.25, 0.3) is 0 Å². The number of carbonyl (C=O) groups is 3. The van der Waals surface area contributed by atoms with Crippen LogP contribution in [0, 0.1) is 18.7 Å². The van der Waals surface area contributed by atoms with Crippen LogP contribution in [-0.4, -0.2) is 73.8 Å². The lowest BCUT2D eigenvalue weighted by Gasteiger charge is -2.30. The molecule has 2 saturated heterocycles. The van der Waals surface area contributed by atoms with Gasteiger partial charge < -0.3 is 14.4 Å². The van der Waals surface area contributed by atoms with Crippen molar-refractivity contribution in [1.29, 1.82) is 0 Å². The number of ketones is 2. The summed E-state index contributed by atoms with van der Waals surface area (Å²) >= 11 is 0. The monoisotopic (exact) mass is 468 g/mol. The second-order valence-corrected chi connectivity index (χ2v) is 8.69. The van der Waals surface area contributed by atoms with E-state index in [1.54, 1.807) is 37.3 Å². The molecule has 2 aliphatic rings. The third kappa shape index (κ3) is 4.88. The Balaban J connectivity index is 1.62. The van der Waals surface area contributed by atoms with Crippen molar-refractivity contribution in [2.75, 3.05) is 46.5 Å². The molecule has 4 rings (SSSR count). The van der Waals surface area contributed by atoms with Gasteiger partial charge in [0.1, 0.15) is 17.5 Å². The third-order valence-corrected chi connectivity index (χ3v) is 6.58. The number of carbonyl (C=O) groups excluding carboxylic acids is 3. The molecule has 2 unspecified atom stereocenters. The Morgan fingerprint density at radius 2 is 1.79 bits per heavy atom. The van der Waals surface area contributed by atoms with Crippen LogP contribution in [0.1, 0.15) is 33.9 Å². The molecule has 2 aromatic carbocycles. The minimum absolute atomic E-state index is 0.329. The van der Waals surface area contributed by atoms with Gasteiger partial charge in [-0.2, -0.15) is 0 Å². The van der Waals surface area contributed by atoms with E-state index in [1.807, 2.05) is 0 Å². The van der Waals surface area contributed by atoms with Gasteiger partial charge in [-0.3, -0.25) is 19.3 Å². The summed E-state index contributed by atoms with van der Waals surface area (Å²) in [6.07, 6.45) is 0.652. The average molecular weight is 469 g/mol.